The van der Waals surface area contributed by atoms with Crippen LogP contribution in [0.1, 0.15) is 0 Å². The molecule has 4 nitrogen and oxygen atoms in total. The second kappa shape index (κ2) is 11.0. The quantitative estimate of drug-likeness (QED) is 0.183. The third-order valence-electron chi connectivity index (χ3n) is 9.51. The standard InChI is InChI=1S/C45H27N3O/c1-3-12-28(13-4-1)43-46-44(29-14-5-2-6-15-29)48-45(47-43)31-23-24-35-33-16-7-8-17-34(33)38-20-11-19-32(42(38)39(35)26-31)30-22-25-37-36-18-9-10-21-40(36)49-41(37)27-30/h1-27H. The summed E-state index contributed by atoms with van der Waals surface area (Å²) in [6.07, 6.45) is 0. The van der Waals surface area contributed by atoms with Crippen LogP contribution < -0.4 is 0 Å². The van der Waals surface area contributed by atoms with Gasteiger partial charge in [-0.25, -0.2) is 15.0 Å². The summed E-state index contributed by atoms with van der Waals surface area (Å²) in [5.41, 5.74) is 6.87. The molecule has 0 N–H and O–H groups in total. The Morgan fingerprint density at radius 1 is 0.306 bits per heavy atom. The number of rotatable bonds is 4. The molecule has 228 valence electrons. The van der Waals surface area contributed by atoms with Gasteiger partial charge >= 0.3 is 0 Å². The van der Waals surface area contributed by atoms with Crippen molar-refractivity contribution in [2.45, 2.75) is 0 Å². The number of aromatic nitrogens is 3. The predicted molar refractivity (Wildman–Crippen MR) is 201 cm³/mol. The average Bonchev–Trinajstić information content (AvgIpc) is 3.56. The summed E-state index contributed by atoms with van der Waals surface area (Å²) in [5.74, 6) is 1.93. The van der Waals surface area contributed by atoms with Crippen LogP contribution in [0.15, 0.2) is 168 Å². The van der Waals surface area contributed by atoms with Crippen molar-refractivity contribution >= 4 is 54.3 Å². The van der Waals surface area contributed by atoms with Gasteiger partial charge in [-0.15, -0.1) is 0 Å². The van der Waals surface area contributed by atoms with Gasteiger partial charge in [0.25, 0.3) is 0 Å². The lowest BCUT2D eigenvalue weighted by atomic mass is 9.88. The minimum atomic E-state index is 0.636. The van der Waals surface area contributed by atoms with Crippen molar-refractivity contribution in [2.75, 3.05) is 0 Å². The van der Waals surface area contributed by atoms with Crippen LogP contribution in [0.4, 0.5) is 0 Å². The van der Waals surface area contributed by atoms with E-state index in [0.717, 1.165) is 55.1 Å². The molecule has 0 amide bonds. The van der Waals surface area contributed by atoms with Gasteiger partial charge < -0.3 is 4.42 Å². The van der Waals surface area contributed by atoms with Crippen molar-refractivity contribution in [3.8, 4) is 45.3 Å². The highest BCUT2D eigenvalue weighted by atomic mass is 16.3. The van der Waals surface area contributed by atoms with Gasteiger partial charge in [-0.05, 0) is 67.7 Å². The molecule has 0 unspecified atom stereocenters. The summed E-state index contributed by atoms with van der Waals surface area (Å²) >= 11 is 0. The molecular weight excluding hydrogens is 599 g/mol. The maximum absolute atomic E-state index is 6.33. The average molecular weight is 626 g/mol. The first-order valence-corrected chi connectivity index (χ1v) is 16.4. The lowest BCUT2D eigenvalue weighted by molar-refractivity contribution is 0.669. The van der Waals surface area contributed by atoms with Crippen LogP contribution in [-0.2, 0) is 0 Å². The largest absolute Gasteiger partial charge is 0.456 e. The number of nitrogens with zero attached hydrogens (tertiary/aromatic N) is 3. The fourth-order valence-electron chi connectivity index (χ4n) is 7.22. The normalized spacial score (nSPS) is 11.7. The third kappa shape index (κ3) is 4.49. The summed E-state index contributed by atoms with van der Waals surface area (Å²) in [7, 11) is 0. The smallest absolute Gasteiger partial charge is 0.164 e. The Kier molecular flexibility index (Phi) is 6.15. The van der Waals surface area contributed by atoms with Gasteiger partial charge in [-0.1, -0.05) is 140 Å². The number of furan rings is 1. The van der Waals surface area contributed by atoms with Crippen molar-refractivity contribution in [3.05, 3.63) is 164 Å². The maximum atomic E-state index is 6.33. The van der Waals surface area contributed by atoms with Crippen LogP contribution in [0.3, 0.4) is 0 Å². The van der Waals surface area contributed by atoms with Crippen molar-refractivity contribution in [1.29, 1.82) is 0 Å². The lowest BCUT2D eigenvalue weighted by Crippen LogP contribution is -2.00. The van der Waals surface area contributed by atoms with Crippen molar-refractivity contribution < 1.29 is 4.42 Å². The van der Waals surface area contributed by atoms with Gasteiger partial charge in [0.05, 0.1) is 0 Å². The minimum Gasteiger partial charge on any atom is -0.456 e. The van der Waals surface area contributed by atoms with Crippen LogP contribution in [0.25, 0.3) is 99.5 Å². The molecule has 0 bridgehead atoms. The highest BCUT2D eigenvalue weighted by Crippen LogP contribution is 2.42. The van der Waals surface area contributed by atoms with Crippen LogP contribution in [0.2, 0.25) is 0 Å². The molecule has 8 aromatic carbocycles. The Morgan fingerprint density at radius 2 is 0.816 bits per heavy atom. The molecule has 0 aliphatic rings. The lowest BCUT2D eigenvalue weighted by Gasteiger charge is -2.15. The van der Waals surface area contributed by atoms with E-state index < -0.39 is 0 Å². The Hall–Kier alpha value is -6.65. The summed E-state index contributed by atoms with van der Waals surface area (Å²) in [6.45, 7) is 0. The summed E-state index contributed by atoms with van der Waals surface area (Å²) in [4.78, 5) is 15.0. The number of hydrogen-bond acceptors (Lipinski definition) is 4. The second-order valence-corrected chi connectivity index (χ2v) is 12.4. The molecule has 0 radical (unpaired) electrons. The van der Waals surface area contributed by atoms with Gasteiger partial charge in [0.1, 0.15) is 11.2 Å². The van der Waals surface area contributed by atoms with Gasteiger partial charge in [0.15, 0.2) is 17.5 Å². The van der Waals surface area contributed by atoms with Crippen molar-refractivity contribution in [1.82, 2.24) is 15.0 Å². The summed E-state index contributed by atoms with van der Waals surface area (Å²) in [5, 5.41) is 9.41. The Bertz CT molecular complexity index is 2820. The number of para-hydroxylation sites is 1. The molecule has 49 heavy (non-hydrogen) atoms. The summed E-state index contributed by atoms with van der Waals surface area (Å²) < 4.78 is 6.33. The molecule has 0 aliphatic carbocycles. The molecule has 2 heterocycles. The number of hydrogen-bond donors (Lipinski definition) is 0. The fourth-order valence-corrected chi connectivity index (χ4v) is 7.22. The van der Waals surface area contributed by atoms with Gasteiger partial charge in [0, 0.05) is 27.5 Å². The van der Waals surface area contributed by atoms with E-state index in [0.29, 0.717) is 17.5 Å². The molecule has 4 heteroatoms. The molecule has 0 saturated heterocycles. The van der Waals surface area contributed by atoms with E-state index >= 15 is 0 Å². The van der Waals surface area contributed by atoms with Crippen LogP contribution in [-0.4, -0.2) is 15.0 Å². The van der Waals surface area contributed by atoms with Gasteiger partial charge in [-0.2, -0.15) is 0 Å². The highest BCUT2D eigenvalue weighted by molar-refractivity contribution is 6.29. The van der Waals surface area contributed by atoms with E-state index in [1.807, 2.05) is 72.8 Å². The topological polar surface area (TPSA) is 51.8 Å². The van der Waals surface area contributed by atoms with Gasteiger partial charge in [0.2, 0.25) is 0 Å². The SMILES string of the molecule is c1ccc(-c2nc(-c3ccccc3)nc(-c3ccc4c5ccccc5c5cccc(-c6ccc7c(c6)oc6ccccc67)c5c4c3)n2)cc1. The predicted octanol–water partition coefficient (Wildman–Crippen LogP) is 11.9. The van der Waals surface area contributed by atoms with Crippen molar-refractivity contribution in [2.24, 2.45) is 0 Å². The summed E-state index contributed by atoms with van der Waals surface area (Å²) in [6, 6.07) is 56.9. The van der Waals surface area contributed by atoms with Crippen LogP contribution in [0.5, 0.6) is 0 Å². The Balaban J connectivity index is 1.25. The van der Waals surface area contributed by atoms with E-state index in [-0.39, 0.29) is 0 Å². The van der Waals surface area contributed by atoms with Crippen LogP contribution >= 0.6 is 0 Å². The van der Waals surface area contributed by atoms with E-state index in [4.69, 9.17) is 19.4 Å². The Labute approximate surface area is 282 Å². The monoisotopic (exact) mass is 625 g/mol. The fraction of sp³-hybridized carbons (Fsp3) is 0. The molecular formula is C45H27N3O. The molecule has 10 rings (SSSR count). The molecule has 2 aromatic heterocycles. The van der Waals surface area contributed by atoms with Crippen LogP contribution in [0, 0.1) is 0 Å². The highest BCUT2D eigenvalue weighted by Gasteiger charge is 2.17. The Morgan fingerprint density at radius 3 is 1.53 bits per heavy atom. The van der Waals surface area contributed by atoms with E-state index in [2.05, 4.69) is 91.0 Å². The first-order chi connectivity index (χ1) is 24.3. The zero-order valence-corrected chi connectivity index (χ0v) is 26.3. The van der Waals surface area contributed by atoms with E-state index in [1.165, 1.54) is 26.9 Å². The zero-order chi connectivity index (χ0) is 32.3. The first-order valence-electron chi connectivity index (χ1n) is 16.4. The molecule has 0 aliphatic heterocycles. The van der Waals surface area contributed by atoms with Crippen molar-refractivity contribution in [3.63, 3.8) is 0 Å². The first kappa shape index (κ1) is 27.5. The molecule has 0 atom stereocenters. The molecule has 0 saturated carbocycles. The van der Waals surface area contributed by atoms with Gasteiger partial charge in [-0.3, -0.25) is 0 Å². The van der Waals surface area contributed by atoms with E-state index in [1.54, 1.807) is 0 Å². The molecule has 0 fully saturated rings. The number of benzene rings is 8. The second-order valence-electron chi connectivity index (χ2n) is 12.4. The number of fused-ring (bicyclic) bond motifs is 9. The minimum absolute atomic E-state index is 0.636. The molecule has 10 aromatic rings. The third-order valence-corrected chi connectivity index (χ3v) is 9.51. The zero-order valence-electron chi connectivity index (χ0n) is 26.3. The molecule has 0 spiro atoms. The maximum Gasteiger partial charge on any atom is 0.164 e. The van der Waals surface area contributed by atoms with E-state index in [9.17, 15) is 0 Å².